The number of carbonyl (C=O) groups excluding carboxylic acids is 1. The van der Waals surface area contributed by atoms with Crippen molar-refractivity contribution in [1.82, 2.24) is 19.6 Å². The number of aromatic nitrogens is 4. The number of hydrogen-bond acceptors (Lipinski definition) is 6. The number of fused-ring (bicyclic) bond motifs is 2. The van der Waals surface area contributed by atoms with Crippen LogP contribution < -0.4 is 4.74 Å². The Kier molecular flexibility index (Phi) is 5.35. The number of ether oxygens (including phenoxy) is 1. The number of nitrogens with zero attached hydrogens (tertiary/aromatic N) is 4. The molecule has 0 aliphatic heterocycles. The van der Waals surface area contributed by atoms with E-state index in [9.17, 15) is 4.79 Å². The van der Waals surface area contributed by atoms with Crippen LogP contribution in [0.15, 0.2) is 35.6 Å². The van der Waals surface area contributed by atoms with Crippen molar-refractivity contribution < 1.29 is 9.53 Å². The molecule has 4 rings (SSSR count). The molecular formula is C21H24N4O2S. The fourth-order valence-corrected chi connectivity index (χ4v) is 4.60. The predicted octanol–water partition coefficient (Wildman–Crippen LogP) is 4.18. The van der Waals surface area contributed by atoms with Crippen molar-refractivity contribution in [3.63, 3.8) is 0 Å². The molecule has 3 aromatic rings. The number of hydrogen-bond donors (Lipinski definition) is 0. The number of ketones is 1. The smallest absolute Gasteiger partial charge is 0.253 e. The Balaban J connectivity index is 1.62. The molecule has 1 aromatic carbocycles. The van der Waals surface area contributed by atoms with Gasteiger partial charge >= 0.3 is 0 Å². The summed E-state index contributed by atoms with van der Waals surface area (Å²) < 4.78 is 7.13. The Morgan fingerprint density at radius 3 is 2.86 bits per heavy atom. The van der Waals surface area contributed by atoms with E-state index in [0.717, 1.165) is 29.2 Å². The highest BCUT2D eigenvalue weighted by atomic mass is 32.2. The third-order valence-electron chi connectivity index (χ3n) is 5.07. The maximum absolute atomic E-state index is 12.8. The lowest BCUT2D eigenvalue weighted by Gasteiger charge is -2.24. The maximum atomic E-state index is 12.8. The van der Waals surface area contributed by atoms with E-state index >= 15 is 0 Å². The summed E-state index contributed by atoms with van der Waals surface area (Å²) in [5, 5.41) is 5.20. The van der Waals surface area contributed by atoms with Gasteiger partial charge in [0.25, 0.3) is 5.78 Å². The summed E-state index contributed by atoms with van der Waals surface area (Å²) in [5.74, 6) is 3.16. The topological polar surface area (TPSA) is 69.4 Å². The van der Waals surface area contributed by atoms with Gasteiger partial charge in [-0.25, -0.2) is 9.50 Å². The summed E-state index contributed by atoms with van der Waals surface area (Å²) in [5.41, 5.74) is 2.50. The second-order valence-electron chi connectivity index (χ2n) is 7.54. The number of para-hydroxylation sites is 1. The van der Waals surface area contributed by atoms with E-state index in [1.165, 1.54) is 0 Å². The standard InChI is InChI=1S/C21H24N4O2S/c1-13(2)8-9-28-21-23-20-22-17-10-14(15-6-4-5-7-19(15)27-3)11-18(26)16(17)12-25(20)24-21/h4-7,12-14H,8-11H2,1-3H3. The molecule has 1 aliphatic rings. The Morgan fingerprint density at radius 2 is 2.07 bits per heavy atom. The van der Waals surface area contributed by atoms with Crippen LogP contribution in [0.4, 0.5) is 0 Å². The molecule has 0 saturated heterocycles. The first-order valence-electron chi connectivity index (χ1n) is 9.60. The fourth-order valence-electron chi connectivity index (χ4n) is 3.54. The summed E-state index contributed by atoms with van der Waals surface area (Å²) in [6.45, 7) is 4.41. The third-order valence-corrected chi connectivity index (χ3v) is 5.94. The molecule has 146 valence electrons. The van der Waals surface area contributed by atoms with Crippen LogP contribution in [0.2, 0.25) is 0 Å². The van der Waals surface area contributed by atoms with E-state index in [-0.39, 0.29) is 11.7 Å². The molecule has 1 aliphatic carbocycles. The van der Waals surface area contributed by atoms with Crippen molar-refractivity contribution in [2.24, 2.45) is 5.92 Å². The van der Waals surface area contributed by atoms with E-state index in [1.54, 1.807) is 29.6 Å². The average molecular weight is 397 g/mol. The van der Waals surface area contributed by atoms with Gasteiger partial charge in [0.05, 0.1) is 18.4 Å². The van der Waals surface area contributed by atoms with Gasteiger partial charge in [-0.05, 0) is 30.4 Å². The number of carbonyl (C=O) groups is 1. The third kappa shape index (κ3) is 3.76. The minimum atomic E-state index is 0.0638. The van der Waals surface area contributed by atoms with E-state index in [2.05, 4.69) is 28.9 Å². The van der Waals surface area contributed by atoms with E-state index in [0.29, 0.717) is 35.3 Å². The van der Waals surface area contributed by atoms with Gasteiger partial charge in [0.2, 0.25) is 5.16 Å². The molecular weight excluding hydrogens is 372 g/mol. The molecule has 2 aromatic heterocycles. The SMILES string of the molecule is COc1ccccc1C1CC(=O)c2cn3nc(SCCC(C)C)nc3nc2C1. The molecule has 0 fully saturated rings. The molecule has 0 saturated carbocycles. The Labute approximate surface area is 168 Å². The zero-order valence-corrected chi connectivity index (χ0v) is 17.2. The summed E-state index contributed by atoms with van der Waals surface area (Å²) in [4.78, 5) is 22.0. The zero-order chi connectivity index (χ0) is 19.7. The zero-order valence-electron chi connectivity index (χ0n) is 16.4. The van der Waals surface area contributed by atoms with E-state index < -0.39 is 0 Å². The van der Waals surface area contributed by atoms with Gasteiger partial charge in [-0.15, -0.1) is 5.10 Å². The van der Waals surface area contributed by atoms with Gasteiger partial charge in [0.15, 0.2) is 5.78 Å². The predicted molar refractivity (Wildman–Crippen MR) is 109 cm³/mol. The normalized spacial score (nSPS) is 16.6. The van der Waals surface area contributed by atoms with Crippen LogP contribution in [0, 0.1) is 5.92 Å². The first-order chi connectivity index (χ1) is 13.5. The highest BCUT2D eigenvalue weighted by molar-refractivity contribution is 7.99. The molecule has 0 N–H and O–H groups in total. The van der Waals surface area contributed by atoms with Gasteiger partial charge in [-0.1, -0.05) is 43.8 Å². The number of thioether (sulfide) groups is 1. The van der Waals surface area contributed by atoms with E-state index in [4.69, 9.17) is 4.74 Å². The summed E-state index contributed by atoms with van der Waals surface area (Å²) in [6.07, 6.45) is 4.05. The maximum Gasteiger partial charge on any atom is 0.253 e. The van der Waals surface area contributed by atoms with Gasteiger partial charge in [-0.2, -0.15) is 4.98 Å². The molecule has 0 amide bonds. The summed E-state index contributed by atoms with van der Waals surface area (Å²) in [7, 11) is 1.66. The van der Waals surface area contributed by atoms with Gasteiger partial charge in [0.1, 0.15) is 5.75 Å². The number of Topliss-reactive ketones (excluding diaryl/α,β-unsaturated/α-hetero) is 1. The molecule has 28 heavy (non-hydrogen) atoms. The lowest BCUT2D eigenvalue weighted by atomic mass is 9.82. The van der Waals surface area contributed by atoms with Gasteiger partial charge in [-0.3, -0.25) is 4.79 Å². The molecule has 7 heteroatoms. The summed E-state index contributed by atoms with van der Waals surface area (Å²) >= 11 is 1.64. The second-order valence-corrected chi connectivity index (χ2v) is 8.60. The van der Waals surface area contributed by atoms with Gasteiger partial charge < -0.3 is 4.74 Å². The molecule has 1 atom stereocenters. The van der Waals surface area contributed by atoms with Crippen LogP contribution in [-0.4, -0.2) is 38.2 Å². The Morgan fingerprint density at radius 1 is 1.25 bits per heavy atom. The molecule has 2 heterocycles. The largest absolute Gasteiger partial charge is 0.496 e. The Bertz CT molecular complexity index is 1010. The van der Waals surface area contributed by atoms with Crippen LogP contribution in [-0.2, 0) is 6.42 Å². The summed E-state index contributed by atoms with van der Waals surface area (Å²) in [6, 6.07) is 7.89. The van der Waals surface area contributed by atoms with Crippen molar-refractivity contribution in [3.05, 3.63) is 47.3 Å². The average Bonchev–Trinajstić information content (AvgIpc) is 3.07. The highest BCUT2D eigenvalue weighted by Crippen LogP contribution is 2.36. The monoisotopic (exact) mass is 396 g/mol. The number of rotatable bonds is 6. The van der Waals surface area contributed by atoms with Crippen LogP contribution in [0.25, 0.3) is 5.78 Å². The lowest BCUT2D eigenvalue weighted by molar-refractivity contribution is 0.0962. The Hall–Kier alpha value is -2.41. The van der Waals surface area contributed by atoms with E-state index in [1.807, 2.05) is 24.3 Å². The molecule has 0 spiro atoms. The van der Waals surface area contributed by atoms with Crippen molar-refractivity contribution in [2.45, 2.75) is 44.2 Å². The number of benzene rings is 1. The molecule has 6 nitrogen and oxygen atoms in total. The second kappa shape index (κ2) is 7.91. The number of methoxy groups -OCH3 is 1. The van der Waals surface area contributed by atoms with Crippen molar-refractivity contribution in [1.29, 1.82) is 0 Å². The highest BCUT2D eigenvalue weighted by Gasteiger charge is 2.30. The fraction of sp³-hybridized carbons (Fsp3) is 0.429. The van der Waals surface area contributed by atoms with Crippen LogP contribution in [0.5, 0.6) is 5.75 Å². The quantitative estimate of drug-likeness (QED) is 0.582. The molecule has 1 unspecified atom stereocenters. The van der Waals surface area contributed by atoms with Crippen LogP contribution in [0.3, 0.4) is 0 Å². The van der Waals surface area contributed by atoms with Crippen molar-refractivity contribution in [3.8, 4) is 5.75 Å². The first kappa shape index (κ1) is 18.9. The lowest BCUT2D eigenvalue weighted by Crippen LogP contribution is -2.21. The van der Waals surface area contributed by atoms with Crippen molar-refractivity contribution in [2.75, 3.05) is 12.9 Å². The van der Waals surface area contributed by atoms with Crippen molar-refractivity contribution >= 4 is 23.3 Å². The first-order valence-corrected chi connectivity index (χ1v) is 10.6. The molecule has 0 bridgehead atoms. The minimum absolute atomic E-state index is 0.0638. The van der Waals surface area contributed by atoms with Crippen LogP contribution >= 0.6 is 11.8 Å². The van der Waals surface area contributed by atoms with Gasteiger partial charge in [0, 0.05) is 24.3 Å². The molecule has 0 radical (unpaired) electrons. The van der Waals surface area contributed by atoms with Crippen LogP contribution in [0.1, 0.15) is 54.2 Å². The minimum Gasteiger partial charge on any atom is -0.496 e.